The largest absolute Gasteiger partial charge is 0.494 e. The van der Waals surface area contributed by atoms with Crippen molar-refractivity contribution in [3.63, 3.8) is 0 Å². The molecular formula is C32H42N6O2. The van der Waals surface area contributed by atoms with Gasteiger partial charge in [0.2, 0.25) is 0 Å². The second-order valence-corrected chi connectivity index (χ2v) is 10.3. The Balaban J connectivity index is 1.22. The summed E-state index contributed by atoms with van der Waals surface area (Å²) in [6.45, 7) is 4.72. The Kier molecular flexibility index (Phi) is 12.1. The van der Waals surface area contributed by atoms with E-state index in [1.54, 1.807) is 0 Å². The molecule has 0 aliphatic rings. The highest BCUT2D eigenvalue weighted by molar-refractivity contribution is 6.02. The van der Waals surface area contributed by atoms with E-state index < -0.39 is 0 Å². The molecular weight excluding hydrogens is 500 g/mol. The summed E-state index contributed by atoms with van der Waals surface area (Å²) >= 11 is 0. The summed E-state index contributed by atoms with van der Waals surface area (Å²) in [4.78, 5) is 12.0. The maximum atomic E-state index is 8.28. The van der Waals surface area contributed by atoms with Crippen LogP contribution < -0.4 is 4.74 Å². The lowest BCUT2D eigenvalue weighted by atomic mass is 10.1. The minimum atomic E-state index is 0.125. The van der Waals surface area contributed by atoms with Crippen LogP contribution in [0.2, 0.25) is 0 Å². The van der Waals surface area contributed by atoms with Gasteiger partial charge in [-0.25, -0.2) is 4.98 Å². The summed E-state index contributed by atoms with van der Waals surface area (Å²) in [5.74, 6) is 0.927. The third-order valence-electron chi connectivity index (χ3n) is 7.34. The first-order valence-corrected chi connectivity index (χ1v) is 14.8. The average molecular weight is 543 g/mol. The van der Waals surface area contributed by atoms with Crippen molar-refractivity contribution >= 4 is 21.9 Å². The molecule has 212 valence electrons. The normalized spacial score (nSPS) is 12.0. The highest BCUT2D eigenvalue weighted by Gasteiger charge is 2.17. The summed E-state index contributed by atoms with van der Waals surface area (Å²) < 4.78 is 14.2. The number of ether oxygens (including phenoxy) is 2. The topological polar surface area (TPSA) is 97.9 Å². The smallest absolute Gasteiger partial charge is 0.119 e. The Bertz CT molecular complexity index is 1350. The summed E-state index contributed by atoms with van der Waals surface area (Å²) in [7, 11) is 0. The SMILES string of the molecule is CCOCC(Cc1ccc(OCCCCCCCCCCCN=[N+]=[N-])cc1)n1cnc2cnc3ccccc3c21. The van der Waals surface area contributed by atoms with Crippen molar-refractivity contribution < 1.29 is 9.47 Å². The van der Waals surface area contributed by atoms with Crippen molar-refractivity contribution in [2.45, 2.75) is 77.2 Å². The molecule has 2 aromatic carbocycles. The van der Waals surface area contributed by atoms with Gasteiger partial charge in [0.05, 0.1) is 42.8 Å². The van der Waals surface area contributed by atoms with Gasteiger partial charge in [0.25, 0.3) is 0 Å². The number of imidazole rings is 1. The Morgan fingerprint density at radius 3 is 2.35 bits per heavy atom. The zero-order valence-electron chi connectivity index (χ0n) is 23.8. The van der Waals surface area contributed by atoms with Gasteiger partial charge in [-0.1, -0.05) is 80.4 Å². The van der Waals surface area contributed by atoms with E-state index in [1.807, 2.05) is 31.6 Å². The molecule has 0 aliphatic carbocycles. The van der Waals surface area contributed by atoms with Gasteiger partial charge in [0, 0.05) is 23.4 Å². The van der Waals surface area contributed by atoms with Crippen LogP contribution >= 0.6 is 0 Å². The number of benzene rings is 2. The molecule has 1 atom stereocenters. The quantitative estimate of drug-likeness (QED) is 0.0512. The maximum Gasteiger partial charge on any atom is 0.119 e. The summed E-state index contributed by atoms with van der Waals surface area (Å²) in [5.41, 5.74) is 12.5. The highest BCUT2D eigenvalue weighted by Crippen LogP contribution is 2.28. The van der Waals surface area contributed by atoms with E-state index in [2.05, 4.69) is 61.0 Å². The Hall–Kier alpha value is -3.61. The molecule has 0 aliphatic heterocycles. The predicted molar refractivity (Wildman–Crippen MR) is 162 cm³/mol. The number of azide groups is 1. The van der Waals surface area contributed by atoms with Gasteiger partial charge in [-0.3, -0.25) is 4.98 Å². The second-order valence-electron chi connectivity index (χ2n) is 10.3. The minimum absolute atomic E-state index is 0.125. The van der Waals surface area contributed by atoms with Crippen LogP contribution in [0.1, 0.15) is 76.3 Å². The zero-order valence-corrected chi connectivity index (χ0v) is 23.8. The third kappa shape index (κ3) is 8.70. The number of hydrogen-bond donors (Lipinski definition) is 0. The highest BCUT2D eigenvalue weighted by atomic mass is 16.5. The molecule has 0 N–H and O–H groups in total. The van der Waals surface area contributed by atoms with Crippen LogP contribution in [0.5, 0.6) is 5.75 Å². The molecule has 40 heavy (non-hydrogen) atoms. The zero-order chi connectivity index (χ0) is 27.8. The van der Waals surface area contributed by atoms with Crippen molar-refractivity contribution in [3.05, 3.63) is 77.1 Å². The minimum Gasteiger partial charge on any atom is -0.494 e. The molecule has 0 amide bonds. The van der Waals surface area contributed by atoms with Crippen LogP contribution in [0, 0.1) is 0 Å². The average Bonchev–Trinajstić information content (AvgIpc) is 3.43. The lowest BCUT2D eigenvalue weighted by Crippen LogP contribution is -2.18. The Labute approximate surface area is 237 Å². The standard InChI is InChI=1S/C32H42N6O2/c1-2-39-24-27(38-25-35-31-23-34-30-15-11-10-14-29(30)32(31)38)22-26-16-18-28(19-17-26)40-21-13-9-7-5-3-4-6-8-12-20-36-37-33/h10-11,14-19,23,25,27H,2-9,12-13,20-22,24H2,1H3. The molecule has 4 aromatic rings. The van der Waals surface area contributed by atoms with Crippen LogP contribution in [-0.2, 0) is 11.2 Å². The van der Waals surface area contributed by atoms with Crippen molar-refractivity contribution in [3.8, 4) is 5.75 Å². The lowest BCUT2D eigenvalue weighted by Gasteiger charge is -2.20. The van der Waals surface area contributed by atoms with Crippen LogP contribution in [0.3, 0.4) is 0 Å². The molecule has 8 nitrogen and oxygen atoms in total. The van der Waals surface area contributed by atoms with Crippen LogP contribution in [0.4, 0.5) is 0 Å². The first-order chi connectivity index (χ1) is 19.8. The summed E-state index contributed by atoms with van der Waals surface area (Å²) in [6, 6.07) is 16.9. The van der Waals surface area contributed by atoms with Crippen LogP contribution in [-0.4, -0.2) is 40.9 Å². The first kappa shape index (κ1) is 29.4. The lowest BCUT2D eigenvalue weighted by molar-refractivity contribution is 0.114. The molecule has 4 rings (SSSR count). The van der Waals surface area contributed by atoms with Gasteiger partial charge in [-0.2, -0.15) is 0 Å². The molecule has 0 spiro atoms. The van der Waals surface area contributed by atoms with Crippen molar-refractivity contribution in [1.82, 2.24) is 14.5 Å². The van der Waals surface area contributed by atoms with Gasteiger partial charge in [-0.15, -0.1) is 0 Å². The monoisotopic (exact) mass is 542 g/mol. The molecule has 0 saturated heterocycles. The van der Waals surface area contributed by atoms with E-state index in [-0.39, 0.29) is 6.04 Å². The molecule has 0 bridgehead atoms. The number of para-hydroxylation sites is 1. The van der Waals surface area contributed by atoms with E-state index in [1.165, 1.54) is 44.1 Å². The van der Waals surface area contributed by atoms with E-state index in [0.717, 1.165) is 60.0 Å². The molecule has 1 unspecified atom stereocenters. The molecule has 0 fully saturated rings. The van der Waals surface area contributed by atoms with E-state index in [0.29, 0.717) is 19.8 Å². The number of unbranched alkanes of at least 4 members (excludes halogenated alkanes) is 8. The fraction of sp³-hybridized carbons (Fsp3) is 0.500. The van der Waals surface area contributed by atoms with Gasteiger partial charge >= 0.3 is 0 Å². The summed E-state index contributed by atoms with van der Waals surface area (Å²) in [5, 5.41) is 4.69. The van der Waals surface area contributed by atoms with Gasteiger partial charge in [0.1, 0.15) is 11.3 Å². The molecule has 0 radical (unpaired) electrons. The fourth-order valence-electron chi connectivity index (χ4n) is 5.18. The van der Waals surface area contributed by atoms with Crippen molar-refractivity contribution in [1.29, 1.82) is 0 Å². The van der Waals surface area contributed by atoms with E-state index in [9.17, 15) is 0 Å². The molecule has 8 heteroatoms. The van der Waals surface area contributed by atoms with Gasteiger partial charge in [0.15, 0.2) is 0 Å². The number of hydrogen-bond acceptors (Lipinski definition) is 5. The Morgan fingerprint density at radius 2 is 1.60 bits per heavy atom. The van der Waals surface area contributed by atoms with Gasteiger partial charge < -0.3 is 14.0 Å². The summed E-state index contributed by atoms with van der Waals surface area (Å²) in [6.07, 6.45) is 15.4. The number of aromatic nitrogens is 3. The van der Waals surface area contributed by atoms with Crippen LogP contribution in [0.25, 0.3) is 32.4 Å². The molecule has 2 heterocycles. The number of fused-ring (bicyclic) bond motifs is 3. The number of pyridine rings is 1. The van der Waals surface area contributed by atoms with Gasteiger partial charge in [-0.05, 0) is 55.5 Å². The predicted octanol–water partition coefficient (Wildman–Crippen LogP) is 8.60. The van der Waals surface area contributed by atoms with E-state index in [4.69, 9.17) is 15.0 Å². The number of rotatable bonds is 19. The molecule has 2 aromatic heterocycles. The molecule has 0 saturated carbocycles. The van der Waals surface area contributed by atoms with Crippen molar-refractivity contribution in [2.75, 3.05) is 26.4 Å². The maximum absolute atomic E-state index is 8.28. The first-order valence-electron chi connectivity index (χ1n) is 14.8. The fourth-order valence-corrected chi connectivity index (χ4v) is 5.18. The second kappa shape index (κ2) is 16.5. The number of nitrogens with zero attached hydrogens (tertiary/aromatic N) is 6. The third-order valence-corrected chi connectivity index (χ3v) is 7.34. The van der Waals surface area contributed by atoms with E-state index >= 15 is 0 Å². The van der Waals surface area contributed by atoms with Crippen molar-refractivity contribution in [2.24, 2.45) is 5.11 Å². The Morgan fingerprint density at radius 1 is 0.875 bits per heavy atom. The van der Waals surface area contributed by atoms with Crippen LogP contribution in [0.15, 0.2) is 66.2 Å².